The van der Waals surface area contributed by atoms with Gasteiger partial charge in [-0.15, -0.1) is 0 Å². The maximum Gasteiger partial charge on any atom is 0.0337 e. The molecule has 1 aliphatic heterocycles. The summed E-state index contributed by atoms with van der Waals surface area (Å²) in [4.78, 5) is 2.61. The van der Waals surface area contributed by atoms with Crippen molar-refractivity contribution in [3.63, 3.8) is 0 Å². The van der Waals surface area contributed by atoms with E-state index in [0.717, 1.165) is 6.54 Å². The van der Waals surface area contributed by atoms with Gasteiger partial charge in [-0.2, -0.15) is 0 Å². The van der Waals surface area contributed by atoms with Gasteiger partial charge in [0.1, 0.15) is 0 Å². The Morgan fingerprint density at radius 2 is 1.92 bits per heavy atom. The molecule has 2 rings (SSSR count). The first-order valence-corrected chi connectivity index (χ1v) is 5.53. The zero-order chi connectivity index (χ0) is 9.53. The van der Waals surface area contributed by atoms with Crippen LogP contribution in [0.1, 0.15) is 39.5 Å². The van der Waals surface area contributed by atoms with Crippen LogP contribution < -0.4 is 5.73 Å². The van der Waals surface area contributed by atoms with Gasteiger partial charge in [-0.25, -0.2) is 0 Å². The van der Waals surface area contributed by atoms with E-state index in [1.165, 1.54) is 38.8 Å². The number of likely N-dealkylation sites (tertiary alicyclic amines) is 1. The highest BCUT2D eigenvalue weighted by Crippen LogP contribution is 2.47. The molecule has 2 heteroatoms. The number of rotatable bonds is 2. The Morgan fingerprint density at radius 1 is 1.23 bits per heavy atom. The standard InChI is InChI=1S/C11H22N2/c1-10(2)4-5-11(8-10,9-12)13-6-3-7-13/h3-9,12H2,1-2H3. The van der Waals surface area contributed by atoms with Crippen molar-refractivity contribution in [2.24, 2.45) is 11.1 Å². The van der Waals surface area contributed by atoms with Crippen LogP contribution in [0.4, 0.5) is 0 Å². The van der Waals surface area contributed by atoms with Crippen molar-refractivity contribution >= 4 is 0 Å². The van der Waals surface area contributed by atoms with Crippen molar-refractivity contribution in [1.29, 1.82) is 0 Å². The smallest absolute Gasteiger partial charge is 0.0337 e. The zero-order valence-electron chi connectivity index (χ0n) is 8.97. The van der Waals surface area contributed by atoms with E-state index in [9.17, 15) is 0 Å². The molecule has 1 saturated heterocycles. The largest absolute Gasteiger partial charge is 0.329 e. The van der Waals surface area contributed by atoms with E-state index in [1.54, 1.807) is 0 Å². The van der Waals surface area contributed by atoms with Gasteiger partial charge in [0.15, 0.2) is 0 Å². The minimum Gasteiger partial charge on any atom is -0.329 e. The summed E-state index contributed by atoms with van der Waals surface area (Å²) < 4.78 is 0. The summed E-state index contributed by atoms with van der Waals surface area (Å²) >= 11 is 0. The minimum atomic E-state index is 0.377. The molecular weight excluding hydrogens is 160 g/mol. The Labute approximate surface area is 81.5 Å². The zero-order valence-corrected chi connectivity index (χ0v) is 8.97. The summed E-state index contributed by atoms with van der Waals surface area (Å²) in [5.41, 5.74) is 6.86. The molecule has 2 nitrogen and oxygen atoms in total. The van der Waals surface area contributed by atoms with E-state index in [0.29, 0.717) is 11.0 Å². The maximum absolute atomic E-state index is 5.96. The molecule has 1 unspecified atom stereocenters. The first-order valence-electron chi connectivity index (χ1n) is 5.53. The Balaban J connectivity index is 2.08. The van der Waals surface area contributed by atoms with Crippen LogP contribution >= 0.6 is 0 Å². The van der Waals surface area contributed by atoms with Gasteiger partial charge in [0, 0.05) is 12.1 Å². The Bertz CT molecular complexity index is 196. The van der Waals surface area contributed by atoms with E-state index in [-0.39, 0.29) is 0 Å². The molecule has 2 fully saturated rings. The summed E-state index contributed by atoms with van der Waals surface area (Å²) in [6.07, 6.45) is 5.34. The number of nitrogens with two attached hydrogens (primary N) is 1. The number of hydrogen-bond acceptors (Lipinski definition) is 2. The van der Waals surface area contributed by atoms with Crippen LogP contribution in [0.5, 0.6) is 0 Å². The Kier molecular flexibility index (Phi) is 2.16. The maximum atomic E-state index is 5.96. The van der Waals surface area contributed by atoms with Gasteiger partial charge in [0.2, 0.25) is 0 Å². The van der Waals surface area contributed by atoms with Crippen LogP contribution in [0.15, 0.2) is 0 Å². The topological polar surface area (TPSA) is 29.3 Å². The fourth-order valence-corrected chi connectivity index (χ4v) is 3.00. The van der Waals surface area contributed by atoms with Gasteiger partial charge < -0.3 is 5.73 Å². The normalized spacial score (nSPS) is 39.0. The van der Waals surface area contributed by atoms with Crippen LogP contribution in [0.25, 0.3) is 0 Å². The van der Waals surface area contributed by atoms with Crippen LogP contribution in [0.3, 0.4) is 0 Å². The average Bonchev–Trinajstić information content (AvgIpc) is 2.24. The predicted octanol–water partition coefficient (Wildman–Crippen LogP) is 1.60. The molecule has 0 spiro atoms. The second-order valence-electron chi connectivity index (χ2n) is 5.61. The lowest BCUT2D eigenvalue weighted by atomic mass is 9.85. The Hall–Kier alpha value is -0.0800. The third kappa shape index (κ3) is 1.50. The van der Waals surface area contributed by atoms with E-state index < -0.39 is 0 Å². The first-order chi connectivity index (χ1) is 6.08. The number of hydrogen-bond donors (Lipinski definition) is 1. The van der Waals surface area contributed by atoms with Gasteiger partial charge in [-0.1, -0.05) is 13.8 Å². The van der Waals surface area contributed by atoms with Crippen molar-refractivity contribution in [2.75, 3.05) is 19.6 Å². The molecule has 1 heterocycles. The van der Waals surface area contributed by atoms with Gasteiger partial charge >= 0.3 is 0 Å². The molecule has 2 N–H and O–H groups in total. The molecule has 76 valence electrons. The molecule has 2 aliphatic rings. The highest BCUT2D eigenvalue weighted by Gasteiger charge is 2.47. The van der Waals surface area contributed by atoms with E-state index in [2.05, 4.69) is 18.7 Å². The molecule has 0 aromatic rings. The van der Waals surface area contributed by atoms with Gasteiger partial charge in [0.25, 0.3) is 0 Å². The van der Waals surface area contributed by atoms with Gasteiger partial charge in [0.05, 0.1) is 0 Å². The summed E-state index contributed by atoms with van der Waals surface area (Å²) in [7, 11) is 0. The second kappa shape index (κ2) is 2.96. The van der Waals surface area contributed by atoms with Crippen molar-refractivity contribution in [1.82, 2.24) is 4.90 Å². The number of nitrogens with zero attached hydrogens (tertiary/aromatic N) is 1. The van der Waals surface area contributed by atoms with E-state index >= 15 is 0 Å². The molecule has 1 saturated carbocycles. The van der Waals surface area contributed by atoms with Crippen LogP contribution in [-0.4, -0.2) is 30.1 Å². The van der Waals surface area contributed by atoms with Crippen molar-refractivity contribution in [2.45, 2.75) is 45.1 Å². The molecular formula is C11H22N2. The summed E-state index contributed by atoms with van der Waals surface area (Å²) in [5, 5.41) is 0. The summed E-state index contributed by atoms with van der Waals surface area (Å²) in [6, 6.07) is 0. The lowest BCUT2D eigenvalue weighted by Crippen LogP contribution is -2.58. The molecule has 1 atom stereocenters. The third-order valence-corrected chi connectivity index (χ3v) is 3.98. The monoisotopic (exact) mass is 182 g/mol. The molecule has 0 bridgehead atoms. The fourth-order valence-electron chi connectivity index (χ4n) is 3.00. The molecule has 0 radical (unpaired) electrons. The van der Waals surface area contributed by atoms with E-state index in [1.807, 2.05) is 0 Å². The van der Waals surface area contributed by atoms with Crippen LogP contribution in [0, 0.1) is 5.41 Å². The van der Waals surface area contributed by atoms with Crippen molar-refractivity contribution < 1.29 is 0 Å². The quantitative estimate of drug-likeness (QED) is 0.703. The van der Waals surface area contributed by atoms with Crippen molar-refractivity contribution in [3.8, 4) is 0 Å². The third-order valence-electron chi connectivity index (χ3n) is 3.98. The lowest BCUT2D eigenvalue weighted by molar-refractivity contribution is 0.0321. The van der Waals surface area contributed by atoms with Gasteiger partial charge in [-0.3, -0.25) is 4.90 Å². The first kappa shape index (κ1) is 9.47. The lowest BCUT2D eigenvalue weighted by Gasteiger charge is -2.47. The summed E-state index contributed by atoms with van der Waals surface area (Å²) in [5.74, 6) is 0. The predicted molar refractivity (Wildman–Crippen MR) is 55.6 cm³/mol. The molecule has 0 aromatic heterocycles. The average molecular weight is 182 g/mol. The SMILES string of the molecule is CC1(C)CCC(CN)(N2CCC2)C1. The molecule has 1 aliphatic carbocycles. The molecule has 13 heavy (non-hydrogen) atoms. The fraction of sp³-hybridized carbons (Fsp3) is 1.00. The second-order valence-corrected chi connectivity index (χ2v) is 5.61. The van der Waals surface area contributed by atoms with Gasteiger partial charge in [-0.05, 0) is 44.2 Å². The summed E-state index contributed by atoms with van der Waals surface area (Å²) in [6.45, 7) is 8.19. The van der Waals surface area contributed by atoms with Crippen LogP contribution in [-0.2, 0) is 0 Å². The highest BCUT2D eigenvalue weighted by molar-refractivity contribution is 5.03. The minimum absolute atomic E-state index is 0.377. The van der Waals surface area contributed by atoms with Crippen molar-refractivity contribution in [3.05, 3.63) is 0 Å². The molecule has 0 amide bonds. The highest BCUT2D eigenvalue weighted by atomic mass is 15.3. The van der Waals surface area contributed by atoms with E-state index in [4.69, 9.17) is 5.73 Å². The van der Waals surface area contributed by atoms with Crippen LogP contribution in [0.2, 0.25) is 0 Å². The molecule has 0 aromatic carbocycles. The Morgan fingerprint density at radius 3 is 2.23 bits per heavy atom.